The van der Waals surface area contributed by atoms with Crippen molar-refractivity contribution >= 4 is 28.2 Å². The molecule has 0 unspecified atom stereocenters. The van der Waals surface area contributed by atoms with Gasteiger partial charge in [0.2, 0.25) is 0 Å². The molecule has 24 heavy (non-hydrogen) atoms. The highest BCUT2D eigenvalue weighted by molar-refractivity contribution is 6.26. The summed E-state index contributed by atoms with van der Waals surface area (Å²) in [4.78, 5) is 28.0. The number of carbonyl (C=O) groups is 2. The molecular weight excluding hydrogens is 302 g/mol. The molecule has 0 radical (unpaired) electrons. The number of nitrogens with one attached hydrogen (secondary N) is 1. The predicted molar refractivity (Wildman–Crippen MR) is 93.7 cm³/mol. The van der Waals surface area contributed by atoms with Crippen LogP contribution in [0.3, 0.4) is 0 Å². The number of fused-ring (bicyclic) bond motifs is 1. The molecule has 0 aliphatic carbocycles. The summed E-state index contributed by atoms with van der Waals surface area (Å²) in [6, 6.07) is 16.5. The summed E-state index contributed by atoms with van der Waals surface area (Å²) in [5.41, 5.74) is 2.34. The number of hydrogen-bond acceptors (Lipinski definition) is 3. The molecular formula is C20H17NO3. The first kappa shape index (κ1) is 15.7. The number of ketones is 1. The highest BCUT2D eigenvalue weighted by atomic mass is 16.5. The van der Waals surface area contributed by atoms with Gasteiger partial charge in [-0.05, 0) is 13.0 Å². The van der Waals surface area contributed by atoms with Crippen LogP contribution in [0.15, 0.2) is 66.9 Å². The van der Waals surface area contributed by atoms with E-state index in [0.717, 1.165) is 10.9 Å². The molecule has 0 saturated heterocycles. The fourth-order valence-corrected chi connectivity index (χ4v) is 2.57. The third-order valence-corrected chi connectivity index (χ3v) is 3.71. The maximum atomic E-state index is 12.5. The van der Waals surface area contributed by atoms with Crippen LogP contribution in [0, 0.1) is 0 Å². The molecule has 120 valence electrons. The second-order valence-corrected chi connectivity index (χ2v) is 5.26. The van der Waals surface area contributed by atoms with Crippen molar-refractivity contribution in [3.63, 3.8) is 0 Å². The SMILES string of the molecule is CCOC(=O)/C(=C/C(=O)c1ccccc1)c1c[nH]c2ccccc12. The van der Waals surface area contributed by atoms with Crippen molar-refractivity contribution in [1.29, 1.82) is 0 Å². The Kier molecular flexibility index (Phi) is 4.57. The van der Waals surface area contributed by atoms with Crippen molar-refractivity contribution in [1.82, 2.24) is 4.98 Å². The number of carbonyl (C=O) groups excluding carboxylic acids is 2. The van der Waals surface area contributed by atoms with Gasteiger partial charge in [0.05, 0.1) is 12.2 Å². The molecule has 0 fully saturated rings. The second kappa shape index (κ2) is 6.96. The Bertz CT molecular complexity index is 907. The molecule has 4 heteroatoms. The van der Waals surface area contributed by atoms with Gasteiger partial charge in [0.1, 0.15) is 0 Å². The first-order valence-electron chi connectivity index (χ1n) is 7.75. The number of H-pyrrole nitrogens is 1. The van der Waals surface area contributed by atoms with Crippen molar-refractivity contribution in [2.45, 2.75) is 6.92 Å². The molecule has 4 nitrogen and oxygen atoms in total. The Morgan fingerprint density at radius 2 is 1.75 bits per heavy atom. The van der Waals surface area contributed by atoms with E-state index in [1.54, 1.807) is 37.4 Å². The number of rotatable bonds is 5. The summed E-state index contributed by atoms with van der Waals surface area (Å²) in [6.45, 7) is 1.99. The minimum atomic E-state index is -0.508. The van der Waals surface area contributed by atoms with Gasteiger partial charge in [-0.15, -0.1) is 0 Å². The topological polar surface area (TPSA) is 59.2 Å². The molecule has 3 rings (SSSR count). The molecule has 1 heterocycles. The summed E-state index contributed by atoms with van der Waals surface area (Å²) >= 11 is 0. The smallest absolute Gasteiger partial charge is 0.338 e. The number of esters is 1. The van der Waals surface area contributed by atoms with Gasteiger partial charge in [-0.25, -0.2) is 4.79 Å². The minimum Gasteiger partial charge on any atom is -0.462 e. The Hall–Kier alpha value is -3.14. The zero-order valence-electron chi connectivity index (χ0n) is 13.3. The Balaban J connectivity index is 2.08. The van der Waals surface area contributed by atoms with Gasteiger partial charge in [0.25, 0.3) is 0 Å². The number of allylic oxidation sites excluding steroid dienone is 1. The molecule has 0 atom stereocenters. The van der Waals surface area contributed by atoms with Crippen LogP contribution in [0.25, 0.3) is 16.5 Å². The Morgan fingerprint density at radius 3 is 2.50 bits per heavy atom. The van der Waals surface area contributed by atoms with Crippen LogP contribution in [-0.4, -0.2) is 23.3 Å². The summed E-state index contributed by atoms with van der Waals surface area (Å²) < 4.78 is 5.14. The first-order valence-corrected chi connectivity index (χ1v) is 7.75. The molecule has 0 amide bonds. The van der Waals surface area contributed by atoms with E-state index in [9.17, 15) is 9.59 Å². The van der Waals surface area contributed by atoms with Crippen molar-refractivity contribution in [2.24, 2.45) is 0 Å². The maximum Gasteiger partial charge on any atom is 0.338 e. The van der Waals surface area contributed by atoms with Crippen LogP contribution < -0.4 is 0 Å². The fraction of sp³-hybridized carbons (Fsp3) is 0.100. The third-order valence-electron chi connectivity index (χ3n) is 3.71. The van der Waals surface area contributed by atoms with Gasteiger partial charge in [-0.3, -0.25) is 4.79 Å². The van der Waals surface area contributed by atoms with E-state index in [1.807, 2.05) is 30.3 Å². The van der Waals surface area contributed by atoms with Gasteiger partial charge in [0, 0.05) is 34.3 Å². The van der Waals surface area contributed by atoms with Crippen molar-refractivity contribution in [3.8, 4) is 0 Å². The quantitative estimate of drug-likeness (QED) is 0.439. The lowest BCUT2D eigenvalue weighted by molar-refractivity contribution is -0.136. The predicted octanol–water partition coefficient (Wildman–Crippen LogP) is 4.00. The second-order valence-electron chi connectivity index (χ2n) is 5.26. The number of para-hydroxylation sites is 1. The highest BCUT2D eigenvalue weighted by Gasteiger charge is 2.19. The van der Waals surface area contributed by atoms with E-state index < -0.39 is 5.97 Å². The molecule has 0 saturated carbocycles. The first-order chi connectivity index (χ1) is 11.7. The van der Waals surface area contributed by atoms with E-state index in [4.69, 9.17) is 4.74 Å². The molecule has 3 aromatic rings. The van der Waals surface area contributed by atoms with E-state index in [1.165, 1.54) is 6.08 Å². The molecule has 1 N–H and O–H groups in total. The largest absolute Gasteiger partial charge is 0.462 e. The van der Waals surface area contributed by atoms with Crippen LogP contribution in [0.5, 0.6) is 0 Å². The van der Waals surface area contributed by atoms with Gasteiger partial charge in [0.15, 0.2) is 5.78 Å². The lowest BCUT2D eigenvalue weighted by atomic mass is 10.0. The minimum absolute atomic E-state index is 0.232. The van der Waals surface area contributed by atoms with Crippen molar-refractivity contribution in [2.75, 3.05) is 6.61 Å². The van der Waals surface area contributed by atoms with Gasteiger partial charge >= 0.3 is 5.97 Å². The zero-order chi connectivity index (χ0) is 16.9. The number of aromatic nitrogens is 1. The fourth-order valence-electron chi connectivity index (χ4n) is 2.57. The molecule has 0 bridgehead atoms. The van der Waals surface area contributed by atoms with Crippen LogP contribution in [-0.2, 0) is 9.53 Å². The van der Waals surface area contributed by atoms with E-state index in [-0.39, 0.29) is 18.0 Å². The Morgan fingerprint density at radius 1 is 1.04 bits per heavy atom. The number of hydrogen-bond donors (Lipinski definition) is 1. The van der Waals surface area contributed by atoms with Crippen LogP contribution >= 0.6 is 0 Å². The highest BCUT2D eigenvalue weighted by Crippen LogP contribution is 2.26. The standard InChI is InChI=1S/C20H17NO3/c1-2-24-20(23)16(12-19(22)14-8-4-3-5-9-14)17-13-21-18-11-7-6-10-15(17)18/h3-13,21H,2H2,1H3/b16-12+. The van der Waals surface area contributed by atoms with E-state index in [0.29, 0.717) is 11.1 Å². The zero-order valence-corrected chi connectivity index (χ0v) is 13.3. The normalized spacial score (nSPS) is 11.5. The molecule has 1 aromatic heterocycles. The lowest BCUT2D eigenvalue weighted by Gasteiger charge is -2.06. The number of aromatic amines is 1. The van der Waals surface area contributed by atoms with Gasteiger partial charge in [-0.2, -0.15) is 0 Å². The van der Waals surface area contributed by atoms with Gasteiger partial charge < -0.3 is 9.72 Å². The van der Waals surface area contributed by atoms with E-state index >= 15 is 0 Å². The van der Waals surface area contributed by atoms with E-state index in [2.05, 4.69) is 4.98 Å². The summed E-state index contributed by atoms with van der Waals surface area (Å²) in [6.07, 6.45) is 3.08. The average Bonchev–Trinajstić information content (AvgIpc) is 3.04. The van der Waals surface area contributed by atoms with Crippen LogP contribution in [0.1, 0.15) is 22.8 Å². The molecule has 2 aromatic carbocycles. The monoisotopic (exact) mass is 319 g/mol. The summed E-state index contributed by atoms with van der Waals surface area (Å²) in [5, 5.41) is 0.873. The molecule has 0 aliphatic rings. The number of ether oxygens (including phenoxy) is 1. The maximum absolute atomic E-state index is 12.5. The molecule has 0 spiro atoms. The van der Waals surface area contributed by atoms with Crippen molar-refractivity contribution in [3.05, 3.63) is 78.0 Å². The average molecular weight is 319 g/mol. The molecule has 0 aliphatic heterocycles. The Labute approximate surface area is 139 Å². The summed E-state index contributed by atoms with van der Waals surface area (Å²) in [7, 11) is 0. The summed E-state index contributed by atoms with van der Waals surface area (Å²) in [5.74, 6) is -0.740. The van der Waals surface area contributed by atoms with Gasteiger partial charge in [-0.1, -0.05) is 48.5 Å². The lowest BCUT2D eigenvalue weighted by Crippen LogP contribution is -2.09. The van der Waals surface area contributed by atoms with Crippen LogP contribution in [0.2, 0.25) is 0 Å². The number of benzene rings is 2. The van der Waals surface area contributed by atoms with Crippen molar-refractivity contribution < 1.29 is 14.3 Å². The third kappa shape index (κ3) is 3.13. The van der Waals surface area contributed by atoms with Crippen LogP contribution in [0.4, 0.5) is 0 Å².